The lowest BCUT2D eigenvalue weighted by molar-refractivity contribution is -0.161. The summed E-state index contributed by atoms with van der Waals surface area (Å²) in [5.74, 6) is -0.717. The van der Waals surface area contributed by atoms with E-state index in [1.807, 2.05) is 0 Å². The van der Waals surface area contributed by atoms with Crippen LogP contribution >= 0.6 is 15.6 Å². The highest BCUT2D eigenvalue weighted by atomic mass is 31.2. The highest BCUT2D eigenvalue weighted by Gasteiger charge is 2.30. The van der Waals surface area contributed by atoms with Gasteiger partial charge in [-0.3, -0.25) is 37.3 Å². The molecule has 0 aromatic carbocycles. The number of unbranched alkanes of at least 4 members (excludes halogenated alkanes) is 50. The van der Waals surface area contributed by atoms with Gasteiger partial charge in [-0.1, -0.05) is 375 Å². The Bertz CT molecular complexity index is 1920. The third-order valence-electron chi connectivity index (χ3n) is 19.0. The van der Waals surface area contributed by atoms with E-state index in [-0.39, 0.29) is 25.7 Å². The fourth-order valence-electron chi connectivity index (χ4n) is 12.5. The minimum Gasteiger partial charge on any atom is -0.462 e. The lowest BCUT2D eigenvalue weighted by Crippen LogP contribution is -2.30. The Labute approximate surface area is 613 Å². The summed E-state index contributed by atoms with van der Waals surface area (Å²) in [6.07, 6.45) is 62.9. The van der Waals surface area contributed by atoms with Gasteiger partial charge in [-0.2, -0.15) is 0 Å². The number of rotatable bonds is 80. The molecule has 2 unspecified atom stereocenters. The van der Waals surface area contributed by atoms with Crippen LogP contribution in [0.2, 0.25) is 0 Å². The lowest BCUT2D eigenvalue weighted by atomic mass is 10.0. The Morgan fingerprint density at radius 1 is 0.270 bits per heavy atom. The van der Waals surface area contributed by atoms with Crippen molar-refractivity contribution in [2.24, 2.45) is 11.8 Å². The monoisotopic (exact) mass is 1470 g/mol. The number of esters is 4. The maximum Gasteiger partial charge on any atom is 0.472 e. The first-order valence-corrected chi connectivity index (χ1v) is 45.0. The van der Waals surface area contributed by atoms with E-state index in [9.17, 15) is 43.2 Å². The summed E-state index contributed by atoms with van der Waals surface area (Å²) in [7, 11) is -9.92. The summed E-state index contributed by atoms with van der Waals surface area (Å²) in [5, 5.41) is 10.6. The second-order valence-electron chi connectivity index (χ2n) is 30.1. The van der Waals surface area contributed by atoms with Crippen LogP contribution in [-0.4, -0.2) is 96.7 Å². The van der Waals surface area contributed by atoms with Crippen LogP contribution in [0, 0.1) is 11.8 Å². The lowest BCUT2D eigenvalue weighted by Gasteiger charge is -2.21. The molecule has 0 amide bonds. The van der Waals surface area contributed by atoms with Crippen LogP contribution in [0.5, 0.6) is 0 Å². The van der Waals surface area contributed by atoms with Crippen LogP contribution in [0.1, 0.15) is 427 Å². The van der Waals surface area contributed by atoms with Gasteiger partial charge in [0, 0.05) is 25.7 Å². The van der Waals surface area contributed by atoms with Gasteiger partial charge in [0.05, 0.1) is 26.4 Å². The summed E-state index contributed by atoms with van der Waals surface area (Å²) in [6.45, 7) is 9.50. The molecule has 17 nitrogen and oxygen atoms in total. The second kappa shape index (κ2) is 72.6. The molecule has 100 heavy (non-hydrogen) atoms. The van der Waals surface area contributed by atoms with E-state index < -0.39 is 97.5 Å². The first kappa shape index (κ1) is 98.1. The number of aliphatic hydroxyl groups is 1. The summed E-state index contributed by atoms with van der Waals surface area (Å²) >= 11 is 0. The second-order valence-corrected chi connectivity index (χ2v) is 33.0. The number of hydrogen-bond acceptors (Lipinski definition) is 15. The van der Waals surface area contributed by atoms with Gasteiger partial charge < -0.3 is 33.8 Å². The topological polar surface area (TPSA) is 237 Å². The molecule has 0 heterocycles. The SMILES string of the molecule is CCCCCCCCCCCCCCCCCCCCCCC(=O)OC[C@H](COP(=O)(O)OC[C@@H](O)COP(=O)(O)OC[C@@H](COC(=O)CCCCCCCCC(C)C)OC(=O)CCCCCCCCCCC(C)C)OC(=O)CCCCCCCCCCCCCCCCCCCCCC. The van der Waals surface area contributed by atoms with Gasteiger partial charge >= 0.3 is 39.5 Å². The smallest absolute Gasteiger partial charge is 0.462 e. The molecule has 19 heteroatoms. The van der Waals surface area contributed by atoms with Crippen molar-refractivity contribution < 1.29 is 80.2 Å². The molecule has 0 aliphatic rings. The Balaban J connectivity index is 5.19. The van der Waals surface area contributed by atoms with Crippen LogP contribution in [0.15, 0.2) is 0 Å². The molecule has 594 valence electrons. The van der Waals surface area contributed by atoms with Gasteiger partial charge in [0.25, 0.3) is 0 Å². The van der Waals surface area contributed by atoms with Crippen molar-refractivity contribution in [2.45, 2.75) is 445 Å². The minimum atomic E-state index is -4.96. The van der Waals surface area contributed by atoms with E-state index in [1.54, 1.807) is 0 Å². The van der Waals surface area contributed by atoms with Gasteiger partial charge in [0.1, 0.15) is 19.3 Å². The Kier molecular flexibility index (Phi) is 71.2. The average Bonchev–Trinajstić information content (AvgIpc) is 1.07. The Morgan fingerprint density at radius 2 is 0.460 bits per heavy atom. The Hall–Kier alpha value is -1.94. The normalized spacial score (nSPS) is 13.9. The summed E-state index contributed by atoms with van der Waals surface area (Å²) in [4.78, 5) is 72.9. The van der Waals surface area contributed by atoms with E-state index in [4.69, 9.17) is 37.0 Å². The van der Waals surface area contributed by atoms with Crippen molar-refractivity contribution in [2.75, 3.05) is 39.6 Å². The number of ether oxygens (including phenoxy) is 4. The summed E-state index contributed by atoms with van der Waals surface area (Å²) in [6, 6.07) is 0. The van der Waals surface area contributed by atoms with Crippen molar-refractivity contribution >= 4 is 39.5 Å². The quantitative estimate of drug-likeness (QED) is 0.0222. The number of hydrogen-bond donors (Lipinski definition) is 3. The van der Waals surface area contributed by atoms with Crippen LogP contribution in [0.3, 0.4) is 0 Å². The molecule has 0 saturated carbocycles. The molecule has 0 aromatic rings. The number of phosphoric ester groups is 2. The van der Waals surface area contributed by atoms with Gasteiger partial charge in [0.15, 0.2) is 12.2 Å². The molecule has 0 bridgehead atoms. The number of carbonyl (C=O) groups excluding carboxylic acids is 4. The molecule has 3 N–H and O–H groups in total. The average molecular weight is 1470 g/mol. The zero-order valence-corrected chi connectivity index (χ0v) is 67.3. The van der Waals surface area contributed by atoms with Crippen molar-refractivity contribution in [1.29, 1.82) is 0 Å². The molecule has 0 aliphatic carbocycles. The first-order valence-electron chi connectivity index (χ1n) is 42.0. The molecule has 0 aliphatic heterocycles. The molecular weight excluding hydrogens is 1310 g/mol. The van der Waals surface area contributed by atoms with E-state index in [2.05, 4.69) is 41.5 Å². The zero-order chi connectivity index (χ0) is 73.5. The fourth-order valence-corrected chi connectivity index (χ4v) is 14.1. The largest absolute Gasteiger partial charge is 0.472 e. The third-order valence-corrected chi connectivity index (χ3v) is 20.9. The van der Waals surface area contributed by atoms with Crippen LogP contribution in [0.25, 0.3) is 0 Å². The summed E-state index contributed by atoms with van der Waals surface area (Å²) < 4.78 is 68.6. The molecule has 0 fully saturated rings. The zero-order valence-electron chi connectivity index (χ0n) is 65.5. The molecular formula is C81H158O17P2. The van der Waals surface area contributed by atoms with Gasteiger partial charge in [-0.15, -0.1) is 0 Å². The molecule has 0 radical (unpaired) electrons. The predicted molar refractivity (Wildman–Crippen MR) is 409 cm³/mol. The maximum absolute atomic E-state index is 13.1. The Morgan fingerprint density at radius 3 is 0.680 bits per heavy atom. The van der Waals surface area contributed by atoms with E-state index >= 15 is 0 Å². The van der Waals surface area contributed by atoms with E-state index in [0.717, 1.165) is 102 Å². The predicted octanol–water partition coefficient (Wildman–Crippen LogP) is 24.3. The third kappa shape index (κ3) is 74.3. The number of aliphatic hydroxyl groups excluding tert-OH is 1. The van der Waals surface area contributed by atoms with Crippen molar-refractivity contribution in [1.82, 2.24) is 0 Å². The molecule has 0 saturated heterocycles. The van der Waals surface area contributed by atoms with Crippen molar-refractivity contribution in [3.05, 3.63) is 0 Å². The van der Waals surface area contributed by atoms with Gasteiger partial charge in [-0.25, -0.2) is 9.13 Å². The highest BCUT2D eigenvalue weighted by Crippen LogP contribution is 2.45. The van der Waals surface area contributed by atoms with Crippen LogP contribution in [-0.2, 0) is 65.4 Å². The molecule has 0 spiro atoms. The van der Waals surface area contributed by atoms with Gasteiger partial charge in [-0.05, 0) is 37.5 Å². The standard InChI is InChI=1S/C81H158O17P2/c1-7-9-11-13-15-17-19-21-23-25-27-29-31-33-35-37-39-44-51-57-63-78(83)91-69-76(97-80(85)65-59-53-45-40-38-36-34-32-30-28-26-24-22-20-18-16-14-12-10-8-2)71-95-99(87,88)93-67-75(82)68-94-100(89,90)96-72-77(70-92-79(84)64-58-52-48-47-50-56-62-74(5)6)98-81(86)66-60-54-46-42-41-43-49-55-61-73(3)4/h73-77,82H,7-72H2,1-6H3,(H,87,88)(H,89,90)/t75-,76-,77-/m1/s1. The minimum absolute atomic E-state index is 0.104. The van der Waals surface area contributed by atoms with E-state index in [1.165, 1.54) is 238 Å². The maximum atomic E-state index is 13.1. The van der Waals surface area contributed by atoms with Crippen molar-refractivity contribution in [3.8, 4) is 0 Å². The first-order chi connectivity index (χ1) is 48.4. The van der Waals surface area contributed by atoms with Crippen LogP contribution < -0.4 is 0 Å². The molecule has 0 aromatic heterocycles. The number of carbonyl (C=O) groups is 4. The van der Waals surface area contributed by atoms with Gasteiger partial charge in [0.2, 0.25) is 0 Å². The number of phosphoric acid groups is 2. The molecule has 5 atom stereocenters. The molecule has 0 rings (SSSR count). The van der Waals surface area contributed by atoms with Crippen LogP contribution in [0.4, 0.5) is 0 Å². The fraction of sp³-hybridized carbons (Fsp3) is 0.951. The summed E-state index contributed by atoms with van der Waals surface area (Å²) in [5.41, 5.74) is 0. The highest BCUT2D eigenvalue weighted by molar-refractivity contribution is 7.47. The van der Waals surface area contributed by atoms with E-state index in [0.29, 0.717) is 31.6 Å². The van der Waals surface area contributed by atoms with Crippen molar-refractivity contribution in [3.63, 3.8) is 0 Å².